The minimum atomic E-state index is 1.18. The number of aromatic amines is 1. The molecule has 36 heavy (non-hydrogen) atoms. The molecule has 6 aromatic carbocycles. The summed E-state index contributed by atoms with van der Waals surface area (Å²) < 4.78 is 2.69. The molecule has 0 atom stereocenters. The van der Waals surface area contributed by atoms with E-state index in [0.29, 0.717) is 0 Å². The maximum atomic E-state index is 3.72. The van der Waals surface area contributed by atoms with Crippen molar-refractivity contribution in [3.63, 3.8) is 0 Å². The number of hydrogen-bond acceptors (Lipinski definition) is 1. The van der Waals surface area contributed by atoms with Crippen molar-refractivity contribution in [2.45, 2.75) is 0 Å². The van der Waals surface area contributed by atoms with Crippen molar-refractivity contribution in [1.82, 2.24) is 4.98 Å². The molecule has 8 aromatic rings. The van der Waals surface area contributed by atoms with Crippen molar-refractivity contribution in [3.8, 4) is 22.3 Å². The van der Waals surface area contributed by atoms with E-state index in [1.807, 2.05) is 11.3 Å². The van der Waals surface area contributed by atoms with Crippen molar-refractivity contribution in [3.05, 3.63) is 121 Å². The van der Waals surface area contributed by atoms with E-state index in [-0.39, 0.29) is 0 Å². The summed E-state index contributed by atoms with van der Waals surface area (Å²) in [5.41, 5.74) is 7.35. The molecular formula is C34H21NS. The number of hydrogen-bond donors (Lipinski definition) is 1. The van der Waals surface area contributed by atoms with Crippen LogP contribution in [-0.4, -0.2) is 4.98 Å². The molecule has 168 valence electrons. The first-order chi connectivity index (χ1) is 17.8. The van der Waals surface area contributed by atoms with Gasteiger partial charge in [0.2, 0.25) is 0 Å². The Morgan fingerprint density at radius 2 is 1.19 bits per heavy atom. The Kier molecular flexibility index (Phi) is 4.16. The summed E-state index contributed by atoms with van der Waals surface area (Å²) in [6, 6.07) is 44.2. The average molecular weight is 476 g/mol. The van der Waals surface area contributed by atoms with Crippen molar-refractivity contribution >= 4 is 64.1 Å². The molecule has 0 fully saturated rings. The van der Waals surface area contributed by atoms with E-state index in [1.165, 1.54) is 75.0 Å². The molecule has 2 heteroatoms. The highest BCUT2D eigenvalue weighted by Crippen LogP contribution is 2.39. The zero-order valence-corrected chi connectivity index (χ0v) is 20.3. The third-order valence-corrected chi connectivity index (χ3v) is 8.56. The molecule has 0 aliphatic heterocycles. The molecular weight excluding hydrogens is 454 g/mol. The Morgan fingerprint density at radius 3 is 2.11 bits per heavy atom. The van der Waals surface area contributed by atoms with Gasteiger partial charge in [0.1, 0.15) is 0 Å². The highest BCUT2D eigenvalue weighted by Gasteiger charge is 2.12. The van der Waals surface area contributed by atoms with Crippen LogP contribution in [0, 0.1) is 0 Å². The minimum Gasteiger partial charge on any atom is -0.354 e. The fourth-order valence-corrected chi connectivity index (χ4v) is 6.83. The number of H-pyrrole nitrogens is 1. The van der Waals surface area contributed by atoms with E-state index in [1.54, 1.807) is 0 Å². The van der Waals surface area contributed by atoms with Crippen LogP contribution in [0.3, 0.4) is 0 Å². The Labute approximate surface area is 212 Å². The van der Waals surface area contributed by atoms with Crippen molar-refractivity contribution in [2.24, 2.45) is 0 Å². The Hall–Kier alpha value is -4.40. The summed E-state index contributed by atoms with van der Waals surface area (Å²) in [5.74, 6) is 0. The molecule has 1 N–H and O–H groups in total. The number of para-hydroxylation sites is 1. The molecule has 0 saturated carbocycles. The van der Waals surface area contributed by atoms with Gasteiger partial charge in [0.25, 0.3) is 0 Å². The molecule has 0 bridgehead atoms. The van der Waals surface area contributed by atoms with Crippen LogP contribution in [-0.2, 0) is 0 Å². The normalized spacial score (nSPS) is 11.9. The predicted octanol–water partition coefficient (Wildman–Crippen LogP) is 10.2. The Morgan fingerprint density at radius 1 is 0.472 bits per heavy atom. The zero-order chi connectivity index (χ0) is 23.6. The van der Waals surface area contributed by atoms with E-state index >= 15 is 0 Å². The van der Waals surface area contributed by atoms with E-state index in [9.17, 15) is 0 Å². The highest BCUT2D eigenvalue weighted by molar-refractivity contribution is 7.25. The van der Waals surface area contributed by atoms with Gasteiger partial charge in [0.05, 0.1) is 5.52 Å². The number of nitrogens with one attached hydrogen (secondary N) is 1. The molecule has 0 spiro atoms. The van der Waals surface area contributed by atoms with E-state index in [2.05, 4.69) is 126 Å². The number of thiophene rings is 1. The molecule has 0 amide bonds. The number of aromatic nitrogens is 1. The van der Waals surface area contributed by atoms with Crippen molar-refractivity contribution in [1.29, 1.82) is 0 Å². The molecule has 2 heterocycles. The summed E-state index contributed by atoms with van der Waals surface area (Å²) in [6.07, 6.45) is 0. The largest absolute Gasteiger partial charge is 0.354 e. The quantitative estimate of drug-likeness (QED) is 0.256. The van der Waals surface area contributed by atoms with Gasteiger partial charge in [-0.15, -0.1) is 11.3 Å². The van der Waals surface area contributed by atoms with Crippen LogP contribution in [0.25, 0.3) is 75.0 Å². The molecule has 0 aliphatic rings. The molecule has 0 radical (unpaired) electrons. The lowest BCUT2D eigenvalue weighted by atomic mass is 9.97. The molecule has 0 aliphatic carbocycles. The van der Waals surface area contributed by atoms with E-state index < -0.39 is 0 Å². The van der Waals surface area contributed by atoms with Crippen LogP contribution in [0.2, 0.25) is 0 Å². The summed E-state index contributed by atoms with van der Waals surface area (Å²) in [4.78, 5) is 3.72. The van der Waals surface area contributed by atoms with Gasteiger partial charge in [-0.2, -0.15) is 0 Å². The average Bonchev–Trinajstić information content (AvgIpc) is 3.51. The number of benzene rings is 6. The number of rotatable bonds is 2. The maximum Gasteiger partial charge on any atom is 0.0544 e. The first-order valence-electron chi connectivity index (χ1n) is 12.3. The lowest BCUT2D eigenvalue weighted by Gasteiger charge is -2.07. The van der Waals surface area contributed by atoms with Crippen molar-refractivity contribution in [2.75, 3.05) is 0 Å². The Bertz CT molecular complexity index is 2090. The van der Waals surface area contributed by atoms with Gasteiger partial charge in [-0.05, 0) is 45.7 Å². The van der Waals surface area contributed by atoms with Gasteiger partial charge in [0, 0.05) is 42.0 Å². The fraction of sp³-hybridized carbons (Fsp3) is 0. The second kappa shape index (κ2) is 7.55. The summed E-state index contributed by atoms with van der Waals surface area (Å²) in [7, 11) is 0. The van der Waals surface area contributed by atoms with Crippen LogP contribution in [0.1, 0.15) is 0 Å². The standard InChI is InChI=1S/C34H21NS/c1-2-7-25-22(6-1)17-19-30-33(25)29-10-5-9-26(34(29)35-30)23-14-12-21(13-15-23)24-16-18-28-27-8-3-4-11-31(27)36-32(28)20-24/h1-20,35H. The smallest absolute Gasteiger partial charge is 0.0544 e. The van der Waals surface area contributed by atoms with Gasteiger partial charge in [-0.1, -0.05) is 103 Å². The molecule has 0 unspecified atom stereocenters. The van der Waals surface area contributed by atoms with Gasteiger partial charge < -0.3 is 4.98 Å². The van der Waals surface area contributed by atoms with Gasteiger partial charge in [0.15, 0.2) is 0 Å². The third-order valence-electron chi connectivity index (χ3n) is 7.43. The van der Waals surface area contributed by atoms with E-state index in [4.69, 9.17) is 0 Å². The van der Waals surface area contributed by atoms with E-state index in [0.717, 1.165) is 0 Å². The van der Waals surface area contributed by atoms with Crippen LogP contribution in [0.4, 0.5) is 0 Å². The van der Waals surface area contributed by atoms with Crippen LogP contribution in [0.15, 0.2) is 121 Å². The van der Waals surface area contributed by atoms with Gasteiger partial charge >= 0.3 is 0 Å². The van der Waals surface area contributed by atoms with Gasteiger partial charge in [-0.3, -0.25) is 0 Å². The van der Waals surface area contributed by atoms with Crippen molar-refractivity contribution < 1.29 is 0 Å². The molecule has 8 rings (SSSR count). The summed E-state index contributed by atoms with van der Waals surface area (Å²) in [6.45, 7) is 0. The van der Waals surface area contributed by atoms with Crippen LogP contribution < -0.4 is 0 Å². The Balaban J connectivity index is 1.24. The molecule has 0 saturated heterocycles. The second-order valence-corrected chi connectivity index (χ2v) is 10.5. The summed E-state index contributed by atoms with van der Waals surface area (Å²) in [5, 5.41) is 7.84. The summed E-state index contributed by atoms with van der Waals surface area (Å²) >= 11 is 1.87. The SMILES string of the molecule is c1ccc2c(c1)ccc1[nH]c3c(-c4ccc(-c5ccc6c(c5)sc5ccccc56)cc4)cccc3c12. The maximum absolute atomic E-state index is 3.72. The van der Waals surface area contributed by atoms with Crippen LogP contribution >= 0.6 is 11.3 Å². The lowest BCUT2D eigenvalue weighted by molar-refractivity contribution is 1.54. The topological polar surface area (TPSA) is 15.8 Å². The monoisotopic (exact) mass is 475 g/mol. The molecule has 1 nitrogen and oxygen atoms in total. The molecule has 2 aromatic heterocycles. The second-order valence-electron chi connectivity index (χ2n) is 9.45. The first kappa shape index (κ1) is 19.9. The first-order valence-corrected chi connectivity index (χ1v) is 13.1. The lowest BCUT2D eigenvalue weighted by Crippen LogP contribution is -1.82. The third kappa shape index (κ3) is 2.89. The number of fused-ring (bicyclic) bond motifs is 8. The fourth-order valence-electron chi connectivity index (χ4n) is 5.68. The predicted molar refractivity (Wildman–Crippen MR) is 157 cm³/mol. The van der Waals surface area contributed by atoms with Gasteiger partial charge in [-0.25, -0.2) is 0 Å². The zero-order valence-electron chi connectivity index (χ0n) is 19.5. The highest BCUT2D eigenvalue weighted by atomic mass is 32.1. The minimum absolute atomic E-state index is 1.18. The van der Waals surface area contributed by atoms with Crippen LogP contribution in [0.5, 0.6) is 0 Å².